The van der Waals surface area contributed by atoms with Gasteiger partial charge in [0.15, 0.2) is 23.1 Å². The first-order valence-corrected chi connectivity index (χ1v) is 10.9. The molecule has 1 saturated carbocycles. The third-order valence-corrected chi connectivity index (χ3v) is 6.02. The van der Waals surface area contributed by atoms with E-state index < -0.39 is 41.2 Å². The average Bonchev–Trinajstić information content (AvgIpc) is 2.77. The molecule has 174 valence electrons. The molecule has 2 fully saturated rings. The number of alkyl halides is 1. The Labute approximate surface area is 179 Å². The van der Waals surface area contributed by atoms with Gasteiger partial charge in [-0.1, -0.05) is 19.4 Å². The van der Waals surface area contributed by atoms with E-state index in [1.54, 1.807) is 6.92 Å². The second-order valence-electron chi connectivity index (χ2n) is 8.31. The van der Waals surface area contributed by atoms with Gasteiger partial charge >= 0.3 is 0 Å². The van der Waals surface area contributed by atoms with Gasteiger partial charge in [0.25, 0.3) is 0 Å². The molecule has 0 N–H and O–H groups in total. The Morgan fingerprint density at radius 2 is 1.65 bits per heavy atom. The zero-order valence-corrected chi connectivity index (χ0v) is 17.9. The number of allylic oxidation sites excluding steroid dienone is 1. The van der Waals surface area contributed by atoms with Crippen LogP contribution < -0.4 is 4.74 Å². The van der Waals surface area contributed by atoms with Crippen LogP contribution in [0.15, 0.2) is 23.8 Å². The fourth-order valence-electron chi connectivity index (χ4n) is 4.37. The quantitative estimate of drug-likeness (QED) is 0.436. The Kier molecular flexibility index (Phi) is 7.97. The molecular weight excluding hydrogens is 419 g/mol. The molecular formula is C23H29F5O3. The SMILES string of the molecule is CCCC1(F)COC(C(F)=C(F)C2CCC(c3ccc(OCC)c(F)c3F)CC2)OC1. The standard InChI is InChI=1S/C23H29F5O3/c1-3-11-23(28)12-30-22(31-13-23)21(27)18(24)15-7-5-14(6-8-15)16-9-10-17(29-4-2)20(26)19(16)25/h9-10,14-15,22H,3-8,11-13H2,1-2H3. The monoisotopic (exact) mass is 448 g/mol. The predicted octanol–water partition coefficient (Wildman–Crippen LogP) is 6.67. The second-order valence-corrected chi connectivity index (χ2v) is 8.31. The molecule has 3 rings (SSSR count). The minimum Gasteiger partial charge on any atom is -0.491 e. The van der Waals surface area contributed by atoms with Crippen molar-refractivity contribution in [3.63, 3.8) is 0 Å². The first kappa shape index (κ1) is 24.0. The van der Waals surface area contributed by atoms with Gasteiger partial charge in [0.2, 0.25) is 12.1 Å². The predicted molar refractivity (Wildman–Crippen MR) is 106 cm³/mol. The number of hydrogen-bond acceptors (Lipinski definition) is 3. The minimum atomic E-state index is -1.68. The van der Waals surface area contributed by atoms with Crippen LogP contribution in [0.25, 0.3) is 0 Å². The first-order valence-electron chi connectivity index (χ1n) is 10.9. The summed E-state index contributed by atoms with van der Waals surface area (Å²) in [7, 11) is 0. The molecule has 0 radical (unpaired) electrons. The van der Waals surface area contributed by atoms with Crippen LogP contribution in [-0.4, -0.2) is 31.8 Å². The van der Waals surface area contributed by atoms with Gasteiger partial charge in [0.05, 0.1) is 19.8 Å². The van der Waals surface area contributed by atoms with Crippen LogP contribution in [0.4, 0.5) is 22.0 Å². The highest BCUT2D eigenvalue weighted by molar-refractivity contribution is 5.33. The molecule has 1 aliphatic carbocycles. The van der Waals surface area contributed by atoms with Crippen LogP contribution in [0.2, 0.25) is 0 Å². The van der Waals surface area contributed by atoms with Crippen molar-refractivity contribution in [1.29, 1.82) is 0 Å². The Hall–Kier alpha value is -1.67. The second kappa shape index (κ2) is 10.3. The maximum atomic E-state index is 14.7. The van der Waals surface area contributed by atoms with Crippen LogP contribution in [0, 0.1) is 17.6 Å². The fourth-order valence-corrected chi connectivity index (χ4v) is 4.37. The molecule has 0 spiro atoms. The molecule has 2 aliphatic rings. The molecule has 0 amide bonds. The van der Waals surface area contributed by atoms with E-state index in [-0.39, 0.29) is 56.3 Å². The van der Waals surface area contributed by atoms with E-state index in [0.717, 1.165) is 0 Å². The van der Waals surface area contributed by atoms with Crippen molar-refractivity contribution in [2.75, 3.05) is 19.8 Å². The lowest BCUT2D eigenvalue weighted by molar-refractivity contribution is -0.224. The molecule has 1 saturated heterocycles. The van der Waals surface area contributed by atoms with Gasteiger partial charge in [-0.15, -0.1) is 0 Å². The smallest absolute Gasteiger partial charge is 0.213 e. The van der Waals surface area contributed by atoms with Gasteiger partial charge in [-0.2, -0.15) is 4.39 Å². The zero-order chi connectivity index (χ0) is 22.6. The Bertz CT molecular complexity index is 782. The van der Waals surface area contributed by atoms with Crippen molar-refractivity contribution in [1.82, 2.24) is 0 Å². The maximum absolute atomic E-state index is 14.7. The highest BCUT2D eigenvalue weighted by atomic mass is 19.2. The van der Waals surface area contributed by atoms with E-state index in [1.165, 1.54) is 12.1 Å². The summed E-state index contributed by atoms with van der Waals surface area (Å²) in [6, 6.07) is 2.88. The third-order valence-electron chi connectivity index (χ3n) is 6.02. The third kappa shape index (κ3) is 5.40. The van der Waals surface area contributed by atoms with Gasteiger partial charge < -0.3 is 14.2 Å². The summed E-state index contributed by atoms with van der Waals surface area (Å²) < 4.78 is 87.5. The van der Waals surface area contributed by atoms with Crippen LogP contribution in [0.3, 0.4) is 0 Å². The maximum Gasteiger partial charge on any atom is 0.213 e. The number of hydrogen-bond donors (Lipinski definition) is 0. The highest BCUT2D eigenvalue weighted by Crippen LogP contribution is 2.42. The molecule has 0 bridgehead atoms. The molecule has 0 unspecified atom stereocenters. The van der Waals surface area contributed by atoms with Gasteiger partial charge in [0, 0.05) is 5.92 Å². The molecule has 3 nitrogen and oxygen atoms in total. The van der Waals surface area contributed by atoms with Crippen molar-refractivity contribution in [3.05, 3.63) is 41.0 Å². The van der Waals surface area contributed by atoms with Gasteiger partial charge in [-0.25, -0.2) is 17.6 Å². The molecule has 0 aromatic heterocycles. The highest BCUT2D eigenvalue weighted by Gasteiger charge is 2.40. The minimum absolute atomic E-state index is 0.141. The lowest BCUT2D eigenvalue weighted by atomic mass is 9.78. The van der Waals surface area contributed by atoms with Crippen molar-refractivity contribution in [2.24, 2.45) is 5.92 Å². The van der Waals surface area contributed by atoms with E-state index in [4.69, 9.17) is 14.2 Å². The molecule has 1 heterocycles. The Morgan fingerprint density at radius 3 is 2.23 bits per heavy atom. The van der Waals surface area contributed by atoms with E-state index in [2.05, 4.69) is 0 Å². The first-order chi connectivity index (χ1) is 14.8. The van der Waals surface area contributed by atoms with Crippen LogP contribution >= 0.6 is 0 Å². The van der Waals surface area contributed by atoms with Crippen molar-refractivity contribution >= 4 is 0 Å². The molecule has 1 aromatic rings. The average molecular weight is 448 g/mol. The summed E-state index contributed by atoms with van der Waals surface area (Å²) in [6.07, 6.45) is 0.569. The molecule has 8 heteroatoms. The number of rotatable bonds is 7. The van der Waals surface area contributed by atoms with Gasteiger partial charge in [0.1, 0.15) is 5.83 Å². The van der Waals surface area contributed by atoms with Crippen molar-refractivity contribution in [3.8, 4) is 5.75 Å². The zero-order valence-electron chi connectivity index (χ0n) is 17.9. The van der Waals surface area contributed by atoms with Crippen LogP contribution in [0.5, 0.6) is 5.75 Å². The molecule has 0 atom stereocenters. The normalized spacial score (nSPS) is 30.1. The summed E-state index contributed by atoms with van der Waals surface area (Å²) in [4.78, 5) is 0. The van der Waals surface area contributed by atoms with Gasteiger partial charge in [-0.3, -0.25) is 0 Å². The molecule has 1 aliphatic heterocycles. The lowest BCUT2D eigenvalue weighted by Gasteiger charge is -2.34. The summed E-state index contributed by atoms with van der Waals surface area (Å²) in [5.74, 6) is -5.26. The Morgan fingerprint density at radius 1 is 1.00 bits per heavy atom. The number of ether oxygens (including phenoxy) is 3. The summed E-state index contributed by atoms with van der Waals surface area (Å²) in [5.41, 5.74) is -1.46. The lowest BCUT2D eigenvalue weighted by Crippen LogP contribution is -2.44. The van der Waals surface area contributed by atoms with E-state index >= 15 is 0 Å². The van der Waals surface area contributed by atoms with Crippen LogP contribution in [-0.2, 0) is 9.47 Å². The van der Waals surface area contributed by atoms with Gasteiger partial charge in [-0.05, 0) is 56.6 Å². The van der Waals surface area contributed by atoms with E-state index in [0.29, 0.717) is 19.3 Å². The topological polar surface area (TPSA) is 27.7 Å². The summed E-state index contributed by atoms with van der Waals surface area (Å²) in [5, 5.41) is 0. The number of halogens is 5. The molecule has 1 aromatic carbocycles. The van der Waals surface area contributed by atoms with Crippen molar-refractivity contribution < 1.29 is 36.2 Å². The van der Waals surface area contributed by atoms with Crippen LogP contribution in [0.1, 0.15) is 63.9 Å². The summed E-state index contributed by atoms with van der Waals surface area (Å²) >= 11 is 0. The van der Waals surface area contributed by atoms with E-state index in [1.807, 2.05) is 6.92 Å². The largest absolute Gasteiger partial charge is 0.491 e. The van der Waals surface area contributed by atoms with Crippen molar-refractivity contribution in [2.45, 2.75) is 70.2 Å². The summed E-state index contributed by atoms with van der Waals surface area (Å²) in [6.45, 7) is 3.02. The van der Waals surface area contributed by atoms with E-state index in [9.17, 15) is 22.0 Å². The molecule has 31 heavy (non-hydrogen) atoms. The fraction of sp³-hybridized carbons (Fsp3) is 0.652. The Balaban J connectivity index is 1.61. The number of benzene rings is 1.